The molecule has 1 aromatic rings. The maximum absolute atomic E-state index is 4.71. The maximum Gasteiger partial charge on any atom is 0.131 e. The molecule has 100 valence electrons. The minimum atomic E-state index is 0.326. The van der Waals surface area contributed by atoms with Crippen LogP contribution in [0.4, 0.5) is 11.6 Å². The van der Waals surface area contributed by atoms with Gasteiger partial charge in [0, 0.05) is 30.1 Å². The number of thioether (sulfide) groups is 1. The molecule has 0 spiro atoms. The molecular weight excluding hydrogens is 242 g/mol. The number of anilines is 2. The second-order valence-electron chi connectivity index (χ2n) is 5.34. The van der Waals surface area contributed by atoms with E-state index in [1.54, 1.807) is 0 Å². The van der Waals surface area contributed by atoms with E-state index in [2.05, 4.69) is 54.9 Å². The van der Waals surface area contributed by atoms with Crippen LogP contribution >= 0.6 is 11.8 Å². The van der Waals surface area contributed by atoms with Gasteiger partial charge in [-0.05, 0) is 32.4 Å². The van der Waals surface area contributed by atoms with E-state index in [9.17, 15) is 0 Å². The molecule has 0 aromatic carbocycles. The Kier molecular flexibility index (Phi) is 4.38. The molecule has 0 atom stereocenters. The van der Waals surface area contributed by atoms with Crippen LogP contribution in [0.1, 0.15) is 27.2 Å². The first kappa shape index (κ1) is 13.5. The fraction of sp³-hybridized carbons (Fsp3) is 0.643. The standard InChI is InChI=1S/C14H23N3S/c1-4-8-15-12-6-5-7-13(16-12)17-9-10-18-14(2,3)11-17/h5-7H,4,8-11H2,1-3H3,(H,15,16). The third-order valence-corrected chi connectivity index (χ3v) is 4.34. The number of aromatic nitrogens is 1. The van der Waals surface area contributed by atoms with Gasteiger partial charge in [0.15, 0.2) is 0 Å². The molecule has 1 aliphatic heterocycles. The molecular formula is C14H23N3S. The van der Waals surface area contributed by atoms with Crippen molar-refractivity contribution in [2.45, 2.75) is 31.9 Å². The zero-order chi connectivity index (χ0) is 13.0. The monoisotopic (exact) mass is 265 g/mol. The molecule has 0 radical (unpaired) electrons. The average Bonchev–Trinajstić information content (AvgIpc) is 2.35. The molecule has 2 rings (SSSR count). The Morgan fingerprint density at radius 1 is 1.44 bits per heavy atom. The Labute approximate surface area is 114 Å². The van der Waals surface area contributed by atoms with Crippen molar-refractivity contribution in [1.82, 2.24) is 4.98 Å². The van der Waals surface area contributed by atoms with E-state index in [0.717, 1.165) is 37.7 Å². The summed E-state index contributed by atoms with van der Waals surface area (Å²) in [6, 6.07) is 6.25. The van der Waals surface area contributed by atoms with Gasteiger partial charge in [0.1, 0.15) is 11.6 Å². The highest BCUT2D eigenvalue weighted by Gasteiger charge is 2.27. The molecule has 1 fully saturated rings. The lowest BCUT2D eigenvalue weighted by Gasteiger charge is -2.38. The molecule has 1 saturated heterocycles. The van der Waals surface area contributed by atoms with Crippen LogP contribution in [-0.2, 0) is 0 Å². The summed E-state index contributed by atoms with van der Waals surface area (Å²) >= 11 is 2.05. The van der Waals surface area contributed by atoms with E-state index in [1.165, 1.54) is 5.75 Å². The Balaban J connectivity index is 2.07. The number of hydrogen-bond acceptors (Lipinski definition) is 4. The van der Waals surface area contributed by atoms with Crippen LogP contribution in [0.25, 0.3) is 0 Å². The summed E-state index contributed by atoms with van der Waals surface area (Å²) in [5, 5.41) is 3.35. The molecule has 1 aromatic heterocycles. The number of hydrogen-bond donors (Lipinski definition) is 1. The normalized spacial score (nSPS) is 18.7. The van der Waals surface area contributed by atoms with Crippen LogP contribution in [0, 0.1) is 0 Å². The Bertz CT molecular complexity index is 392. The summed E-state index contributed by atoms with van der Waals surface area (Å²) < 4.78 is 0.326. The SMILES string of the molecule is CCCNc1cccc(N2CCSC(C)(C)C2)n1. The highest BCUT2D eigenvalue weighted by molar-refractivity contribution is 8.00. The number of nitrogens with zero attached hydrogens (tertiary/aromatic N) is 2. The summed E-state index contributed by atoms with van der Waals surface area (Å²) in [6.45, 7) is 9.94. The molecule has 1 N–H and O–H groups in total. The van der Waals surface area contributed by atoms with Gasteiger partial charge in [-0.2, -0.15) is 11.8 Å². The van der Waals surface area contributed by atoms with Gasteiger partial charge in [0.25, 0.3) is 0 Å². The lowest BCUT2D eigenvalue weighted by Crippen LogP contribution is -2.43. The summed E-state index contributed by atoms with van der Waals surface area (Å²) in [6.07, 6.45) is 1.12. The van der Waals surface area contributed by atoms with Gasteiger partial charge in [-0.15, -0.1) is 0 Å². The van der Waals surface area contributed by atoms with Crippen LogP contribution in [0.3, 0.4) is 0 Å². The lowest BCUT2D eigenvalue weighted by atomic mass is 10.2. The van der Waals surface area contributed by atoms with Crippen molar-refractivity contribution in [2.24, 2.45) is 0 Å². The van der Waals surface area contributed by atoms with E-state index in [4.69, 9.17) is 4.98 Å². The molecule has 0 amide bonds. The molecule has 18 heavy (non-hydrogen) atoms. The minimum Gasteiger partial charge on any atom is -0.370 e. The van der Waals surface area contributed by atoms with Gasteiger partial charge in [0.2, 0.25) is 0 Å². The molecule has 1 aliphatic rings. The van der Waals surface area contributed by atoms with Gasteiger partial charge in [-0.3, -0.25) is 0 Å². The fourth-order valence-corrected chi connectivity index (χ4v) is 3.27. The van der Waals surface area contributed by atoms with Crippen molar-refractivity contribution in [1.29, 1.82) is 0 Å². The second-order valence-corrected chi connectivity index (χ2v) is 7.14. The van der Waals surface area contributed by atoms with E-state index in [-0.39, 0.29) is 0 Å². The predicted molar refractivity (Wildman–Crippen MR) is 81.8 cm³/mol. The largest absolute Gasteiger partial charge is 0.370 e. The van der Waals surface area contributed by atoms with E-state index < -0.39 is 0 Å². The van der Waals surface area contributed by atoms with Crippen molar-refractivity contribution in [3.63, 3.8) is 0 Å². The number of rotatable bonds is 4. The van der Waals surface area contributed by atoms with Gasteiger partial charge >= 0.3 is 0 Å². The van der Waals surface area contributed by atoms with Crippen LogP contribution in [0.5, 0.6) is 0 Å². The van der Waals surface area contributed by atoms with Crippen LogP contribution in [0.15, 0.2) is 18.2 Å². The van der Waals surface area contributed by atoms with Gasteiger partial charge in [-0.25, -0.2) is 4.98 Å². The van der Waals surface area contributed by atoms with Crippen molar-refractivity contribution < 1.29 is 0 Å². The first-order chi connectivity index (χ1) is 8.61. The van der Waals surface area contributed by atoms with E-state index in [1.807, 2.05) is 6.07 Å². The maximum atomic E-state index is 4.71. The average molecular weight is 265 g/mol. The molecule has 0 saturated carbocycles. The smallest absolute Gasteiger partial charge is 0.131 e. The fourth-order valence-electron chi connectivity index (χ4n) is 2.16. The van der Waals surface area contributed by atoms with Crippen LogP contribution in [-0.4, -0.2) is 35.1 Å². The van der Waals surface area contributed by atoms with Crippen molar-refractivity contribution >= 4 is 23.4 Å². The third-order valence-electron chi connectivity index (χ3n) is 3.04. The van der Waals surface area contributed by atoms with E-state index in [0.29, 0.717) is 4.75 Å². The number of pyridine rings is 1. The topological polar surface area (TPSA) is 28.2 Å². The Hall–Kier alpha value is -0.900. The third kappa shape index (κ3) is 3.55. The van der Waals surface area contributed by atoms with Crippen LogP contribution in [0.2, 0.25) is 0 Å². The van der Waals surface area contributed by atoms with Crippen molar-refractivity contribution in [2.75, 3.05) is 35.6 Å². The van der Waals surface area contributed by atoms with Crippen molar-refractivity contribution in [3.8, 4) is 0 Å². The van der Waals surface area contributed by atoms with Gasteiger partial charge in [0.05, 0.1) is 0 Å². The Morgan fingerprint density at radius 2 is 2.28 bits per heavy atom. The zero-order valence-corrected chi connectivity index (χ0v) is 12.4. The van der Waals surface area contributed by atoms with Gasteiger partial charge in [-0.1, -0.05) is 13.0 Å². The van der Waals surface area contributed by atoms with Crippen molar-refractivity contribution in [3.05, 3.63) is 18.2 Å². The summed E-state index contributed by atoms with van der Waals surface area (Å²) in [7, 11) is 0. The number of nitrogens with one attached hydrogen (secondary N) is 1. The summed E-state index contributed by atoms with van der Waals surface area (Å²) in [5.41, 5.74) is 0. The highest BCUT2D eigenvalue weighted by atomic mass is 32.2. The lowest BCUT2D eigenvalue weighted by molar-refractivity contribution is 0.642. The minimum absolute atomic E-state index is 0.326. The zero-order valence-electron chi connectivity index (χ0n) is 11.6. The Morgan fingerprint density at radius 3 is 3.00 bits per heavy atom. The summed E-state index contributed by atoms with van der Waals surface area (Å²) in [4.78, 5) is 7.10. The molecule has 2 heterocycles. The second kappa shape index (κ2) is 5.83. The van der Waals surface area contributed by atoms with E-state index >= 15 is 0 Å². The molecule has 3 nitrogen and oxygen atoms in total. The quantitative estimate of drug-likeness (QED) is 0.904. The molecule has 0 bridgehead atoms. The predicted octanol–water partition coefficient (Wildman–Crippen LogP) is 3.24. The van der Waals surface area contributed by atoms with Gasteiger partial charge < -0.3 is 10.2 Å². The van der Waals surface area contributed by atoms with Crippen LogP contribution < -0.4 is 10.2 Å². The first-order valence-corrected chi connectivity index (χ1v) is 7.69. The molecule has 4 heteroatoms. The molecule has 0 unspecified atom stereocenters. The first-order valence-electron chi connectivity index (χ1n) is 6.70. The molecule has 0 aliphatic carbocycles. The highest BCUT2D eigenvalue weighted by Crippen LogP contribution is 2.31. The summed E-state index contributed by atoms with van der Waals surface area (Å²) in [5.74, 6) is 3.27.